The highest BCUT2D eigenvalue weighted by atomic mass is 32.2. The maximum Gasteiger partial charge on any atom is 0.136 e. The quantitative estimate of drug-likeness (QED) is 0.748. The Hall–Kier alpha value is -1.39. The van der Waals surface area contributed by atoms with Crippen molar-refractivity contribution in [3.63, 3.8) is 0 Å². The Kier molecular flexibility index (Phi) is 5.56. The Morgan fingerprint density at radius 3 is 2.75 bits per heavy atom. The van der Waals surface area contributed by atoms with E-state index in [0.29, 0.717) is 6.04 Å². The molecule has 0 amide bonds. The van der Waals surface area contributed by atoms with Gasteiger partial charge < -0.3 is 0 Å². The molecule has 0 radical (unpaired) electrons. The predicted molar refractivity (Wildman–Crippen MR) is 82.4 cm³/mol. The van der Waals surface area contributed by atoms with Crippen LogP contribution in [-0.4, -0.2) is 29.2 Å². The van der Waals surface area contributed by atoms with Gasteiger partial charge in [-0.25, -0.2) is 4.39 Å². The predicted octanol–water partition coefficient (Wildman–Crippen LogP) is 4.01. The van der Waals surface area contributed by atoms with Crippen molar-refractivity contribution >= 4 is 11.8 Å². The summed E-state index contributed by atoms with van der Waals surface area (Å²) in [5.41, 5.74) is 1.20. The molecule has 1 heterocycles. The minimum Gasteiger partial charge on any atom is -0.299 e. The second-order valence-corrected chi connectivity index (χ2v) is 5.86. The zero-order valence-corrected chi connectivity index (χ0v) is 12.6. The third-order valence-electron chi connectivity index (χ3n) is 3.37. The van der Waals surface area contributed by atoms with Crippen molar-refractivity contribution in [3.05, 3.63) is 60.2 Å². The minimum atomic E-state index is -0.138. The van der Waals surface area contributed by atoms with Gasteiger partial charge in [0, 0.05) is 35.6 Å². The van der Waals surface area contributed by atoms with E-state index in [9.17, 15) is 4.39 Å². The van der Waals surface area contributed by atoms with E-state index in [1.54, 1.807) is 24.0 Å². The van der Waals surface area contributed by atoms with Crippen LogP contribution in [0.2, 0.25) is 0 Å². The lowest BCUT2D eigenvalue weighted by atomic mass is 10.1. The molecule has 0 aliphatic heterocycles. The van der Waals surface area contributed by atoms with E-state index in [-0.39, 0.29) is 5.82 Å². The third-order valence-corrected chi connectivity index (χ3v) is 4.39. The molecule has 0 N–H and O–H groups in total. The van der Waals surface area contributed by atoms with Crippen molar-refractivity contribution in [3.8, 4) is 0 Å². The Morgan fingerprint density at radius 1 is 1.25 bits per heavy atom. The zero-order valence-electron chi connectivity index (χ0n) is 11.8. The first-order chi connectivity index (χ1) is 9.68. The van der Waals surface area contributed by atoms with Gasteiger partial charge in [0.05, 0.1) is 0 Å². The SMILES string of the molecule is C[C@H](c1cccnc1)N(C)CCSc1ccccc1F. The van der Waals surface area contributed by atoms with Crippen LogP contribution in [0, 0.1) is 5.82 Å². The standard InChI is InChI=1S/C16H19FN2S/c1-13(14-6-5-9-18-12-14)19(2)10-11-20-16-8-4-3-7-15(16)17/h3-9,12-13H,10-11H2,1-2H3/t13-/m1/s1. The largest absolute Gasteiger partial charge is 0.299 e. The average Bonchev–Trinajstić information content (AvgIpc) is 2.49. The molecule has 2 rings (SSSR count). The first-order valence-electron chi connectivity index (χ1n) is 6.66. The monoisotopic (exact) mass is 290 g/mol. The molecule has 1 aromatic carbocycles. The lowest BCUT2D eigenvalue weighted by Gasteiger charge is -2.24. The van der Waals surface area contributed by atoms with Crippen LogP contribution in [0.3, 0.4) is 0 Å². The number of benzene rings is 1. The molecule has 1 atom stereocenters. The van der Waals surface area contributed by atoms with Crippen LogP contribution in [0.15, 0.2) is 53.7 Å². The lowest BCUT2D eigenvalue weighted by Crippen LogP contribution is -2.25. The highest BCUT2D eigenvalue weighted by molar-refractivity contribution is 7.99. The van der Waals surface area contributed by atoms with Crippen LogP contribution < -0.4 is 0 Å². The summed E-state index contributed by atoms with van der Waals surface area (Å²) in [6.07, 6.45) is 3.68. The highest BCUT2D eigenvalue weighted by Crippen LogP contribution is 2.23. The van der Waals surface area contributed by atoms with Crippen LogP contribution in [-0.2, 0) is 0 Å². The summed E-state index contributed by atoms with van der Waals surface area (Å²) in [4.78, 5) is 7.12. The summed E-state index contributed by atoms with van der Waals surface area (Å²) in [5.74, 6) is 0.725. The summed E-state index contributed by atoms with van der Waals surface area (Å²) >= 11 is 1.56. The topological polar surface area (TPSA) is 16.1 Å². The van der Waals surface area contributed by atoms with Crippen LogP contribution in [0.25, 0.3) is 0 Å². The van der Waals surface area contributed by atoms with Crippen molar-refractivity contribution < 1.29 is 4.39 Å². The Labute approximate surface area is 124 Å². The van der Waals surface area contributed by atoms with Gasteiger partial charge >= 0.3 is 0 Å². The fourth-order valence-electron chi connectivity index (χ4n) is 1.93. The van der Waals surface area contributed by atoms with E-state index in [1.165, 1.54) is 11.6 Å². The Morgan fingerprint density at radius 2 is 2.05 bits per heavy atom. The molecule has 4 heteroatoms. The summed E-state index contributed by atoms with van der Waals surface area (Å²) in [5, 5.41) is 0. The van der Waals surface area contributed by atoms with Crippen LogP contribution in [0.4, 0.5) is 4.39 Å². The van der Waals surface area contributed by atoms with E-state index in [2.05, 4.69) is 29.9 Å². The Balaban J connectivity index is 1.84. The van der Waals surface area contributed by atoms with Crippen molar-refractivity contribution in [2.24, 2.45) is 0 Å². The van der Waals surface area contributed by atoms with Crippen molar-refractivity contribution in [1.82, 2.24) is 9.88 Å². The molecule has 0 saturated carbocycles. The molecule has 106 valence electrons. The summed E-state index contributed by atoms with van der Waals surface area (Å²) < 4.78 is 13.5. The van der Waals surface area contributed by atoms with Crippen molar-refractivity contribution in [1.29, 1.82) is 0 Å². The van der Waals surface area contributed by atoms with E-state index >= 15 is 0 Å². The molecule has 0 bridgehead atoms. The van der Waals surface area contributed by atoms with Gasteiger partial charge in [-0.2, -0.15) is 0 Å². The summed E-state index contributed by atoms with van der Waals surface area (Å²) in [6.45, 7) is 3.06. The molecule has 0 unspecified atom stereocenters. The average molecular weight is 290 g/mol. The van der Waals surface area contributed by atoms with Gasteiger partial charge in [-0.1, -0.05) is 18.2 Å². The third kappa shape index (κ3) is 4.05. The van der Waals surface area contributed by atoms with E-state index < -0.39 is 0 Å². The zero-order chi connectivity index (χ0) is 14.4. The van der Waals surface area contributed by atoms with Gasteiger partial charge in [-0.05, 0) is 37.7 Å². The smallest absolute Gasteiger partial charge is 0.136 e. The maximum atomic E-state index is 13.5. The van der Waals surface area contributed by atoms with Gasteiger partial charge in [0.25, 0.3) is 0 Å². The molecule has 0 spiro atoms. The number of hydrogen-bond donors (Lipinski definition) is 0. The molecule has 2 nitrogen and oxygen atoms in total. The van der Waals surface area contributed by atoms with Crippen molar-refractivity contribution in [2.75, 3.05) is 19.3 Å². The van der Waals surface area contributed by atoms with Gasteiger partial charge in [0.2, 0.25) is 0 Å². The number of hydrogen-bond acceptors (Lipinski definition) is 3. The number of rotatable bonds is 6. The molecule has 0 saturated heterocycles. The second kappa shape index (κ2) is 7.41. The first-order valence-corrected chi connectivity index (χ1v) is 7.64. The van der Waals surface area contributed by atoms with Gasteiger partial charge in [-0.15, -0.1) is 11.8 Å². The van der Waals surface area contributed by atoms with Gasteiger partial charge in [0.15, 0.2) is 0 Å². The summed E-state index contributed by atoms with van der Waals surface area (Å²) in [6, 6.07) is 11.3. The fourth-order valence-corrected chi connectivity index (χ4v) is 2.91. The molecular weight excluding hydrogens is 271 g/mol. The van der Waals surface area contributed by atoms with E-state index in [1.807, 2.05) is 24.4 Å². The van der Waals surface area contributed by atoms with E-state index in [0.717, 1.165) is 17.2 Å². The molecule has 2 aromatic rings. The van der Waals surface area contributed by atoms with Crippen LogP contribution in [0.5, 0.6) is 0 Å². The van der Waals surface area contributed by atoms with Crippen molar-refractivity contribution in [2.45, 2.75) is 17.9 Å². The number of halogens is 1. The molecule has 1 aromatic heterocycles. The van der Waals surface area contributed by atoms with E-state index in [4.69, 9.17) is 0 Å². The second-order valence-electron chi connectivity index (χ2n) is 4.72. The fraction of sp³-hybridized carbons (Fsp3) is 0.312. The lowest BCUT2D eigenvalue weighted by molar-refractivity contribution is 0.277. The normalized spacial score (nSPS) is 12.6. The van der Waals surface area contributed by atoms with Crippen LogP contribution in [0.1, 0.15) is 18.5 Å². The number of pyridine rings is 1. The highest BCUT2D eigenvalue weighted by Gasteiger charge is 2.11. The van der Waals surface area contributed by atoms with Crippen LogP contribution >= 0.6 is 11.8 Å². The van der Waals surface area contributed by atoms with Gasteiger partial charge in [0.1, 0.15) is 5.82 Å². The molecule has 0 aliphatic carbocycles. The molecule has 20 heavy (non-hydrogen) atoms. The maximum absolute atomic E-state index is 13.5. The summed E-state index contributed by atoms with van der Waals surface area (Å²) in [7, 11) is 2.08. The number of aromatic nitrogens is 1. The molecule has 0 aliphatic rings. The first kappa shape index (κ1) is 15.0. The molecule has 0 fully saturated rings. The Bertz CT molecular complexity index is 533. The number of thioether (sulfide) groups is 1. The molecular formula is C16H19FN2S. The minimum absolute atomic E-state index is 0.138. The number of nitrogens with zero attached hydrogens (tertiary/aromatic N) is 2. The van der Waals surface area contributed by atoms with Gasteiger partial charge in [-0.3, -0.25) is 9.88 Å².